The minimum Gasteiger partial charge on any atom is -0.352 e. The number of carbonyl (C=O) groups excluding carboxylic acids is 2. The molecule has 144 valence electrons. The minimum absolute atomic E-state index is 0.0835. The molecule has 1 fully saturated rings. The molecule has 1 aromatic heterocycles. The van der Waals surface area contributed by atoms with E-state index >= 15 is 0 Å². The van der Waals surface area contributed by atoms with Gasteiger partial charge in [-0.05, 0) is 38.3 Å². The molecule has 0 saturated carbocycles. The highest BCUT2D eigenvalue weighted by molar-refractivity contribution is 7.14. The highest BCUT2D eigenvalue weighted by atomic mass is 35.5. The molecule has 2 atom stereocenters. The number of halogens is 1. The summed E-state index contributed by atoms with van der Waals surface area (Å²) in [5, 5.41) is 8.99. The van der Waals surface area contributed by atoms with Gasteiger partial charge in [-0.1, -0.05) is 30.7 Å². The number of hydrogen-bond acceptors (Lipinski definition) is 5. The maximum Gasteiger partial charge on any atom is 0.274 e. The van der Waals surface area contributed by atoms with Gasteiger partial charge >= 0.3 is 0 Å². The maximum absolute atomic E-state index is 12.9. The summed E-state index contributed by atoms with van der Waals surface area (Å²) in [4.78, 5) is 31.4. The standard InChI is InChI=1S/C19H23ClN4O2S/c1-3-12(2)21-17(25)16-9-6-10-24(16)18(26)15-11-27-19(23-15)22-14-8-5-4-7-13(14)20/h4-5,7-8,11-12,16H,3,6,9-10H2,1-2H3,(H,21,25)(H,22,23). The zero-order valence-corrected chi connectivity index (χ0v) is 16.9. The number of thiazole rings is 1. The highest BCUT2D eigenvalue weighted by Gasteiger charge is 2.35. The predicted octanol–water partition coefficient (Wildman–Crippen LogP) is 4.06. The van der Waals surface area contributed by atoms with Crippen LogP contribution in [0.5, 0.6) is 0 Å². The molecule has 2 heterocycles. The molecular weight excluding hydrogens is 384 g/mol. The first-order valence-corrected chi connectivity index (χ1v) is 10.3. The lowest BCUT2D eigenvalue weighted by Crippen LogP contribution is -2.48. The van der Waals surface area contributed by atoms with Gasteiger partial charge in [0, 0.05) is 18.0 Å². The summed E-state index contributed by atoms with van der Waals surface area (Å²) in [6.45, 7) is 4.56. The second-order valence-corrected chi connectivity index (χ2v) is 7.88. The van der Waals surface area contributed by atoms with E-state index in [4.69, 9.17) is 11.6 Å². The minimum atomic E-state index is -0.423. The van der Waals surface area contributed by atoms with Crippen molar-refractivity contribution in [2.75, 3.05) is 11.9 Å². The third-order valence-electron chi connectivity index (χ3n) is 4.66. The molecule has 1 aliphatic rings. The SMILES string of the molecule is CCC(C)NC(=O)C1CCCN1C(=O)c1csc(Nc2ccccc2Cl)n1. The first-order chi connectivity index (χ1) is 13.0. The Labute approximate surface area is 167 Å². The Morgan fingerprint density at radius 2 is 2.19 bits per heavy atom. The van der Waals surface area contributed by atoms with Gasteiger partial charge < -0.3 is 15.5 Å². The first-order valence-electron chi connectivity index (χ1n) is 9.08. The zero-order chi connectivity index (χ0) is 19.4. The van der Waals surface area contributed by atoms with Crippen LogP contribution >= 0.6 is 22.9 Å². The van der Waals surface area contributed by atoms with Gasteiger partial charge in [0.25, 0.3) is 5.91 Å². The van der Waals surface area contributed by atoms with Gasteiger partial charge in [-0.3, -0.25) is 9.59 Å². The van der Waals surface area contributed by atoms with Crippen LogP contribution in [0.25, 0.3) is 0 Å². The van der Waals surface area contributed by atoms with Crippen molar-refractivity contribution >= 4 is 45.6 Å². The fraction of sp³-hybridized carbons (Fsp3) is 0.421. The van der Waals surface area contributed by atoms with E-state index in [-0.39, 0.29) is 17.9 Å². The van der Waals surface area contributed by atoms with E-state index < -0.39 is 6.04 Å². The Morgan fingerprint density at radius 3 is 2.93 bits per heavy atom. The Hall–Kier alpha value is -2.12. The lowest BCUT2D eigenvalue weighted by molar-refractivity contribution is -0.125. The van der Waals surface area contributed by atoms with Crippen LogP contribution in [0.1, 0.15) is 43.6 Å². The number of nitrogens with zero attached hydrogens (tertiary/aromatic N) is 2. The van der Waals surface area contributed by atoms with Gasteiger partial charge in [-0.15, -0.1) is 11.3 Å². The largest absolute Gasteiger partial charge is 0.352 e. The first kappa shape index (κ1) is 19.6. The van der Waals surface area contributed by atoms with Crippen LogP contribution in [-0.2, 0) is 4.79 Å². The number of nitrogens with one attached hydrogen (secondary N) is 2. The molecule has 2 N–H and O–H groups in total. The number of likely N-dealkylation sites (tertiary alicyclic amines) is 1. The number of benzene rings is 1. The number of hydrogen-bond donors (Lipinski definition) is 2. The summed E-state index contributed by atoms with van der Waals surface area (Å²) in [6, 6.07) is 7.03. The maximum atomic E-state index is 12.9. The highest BCUT2D eigenvalue weighted by Crippen LogP contribution is 2.28. The Bertz CT molecular complexity index is 826. The summed E-state index contributed by atoms with van der Waals surface area (Å²) in [6.07, 6.45) is 2.36. The third kappa shape index (κ3) is 4.59. The fourth-order valence-corrected chi connectivity index (χ4v) is 3.86. The van der Waals surface area contributed by atoms with Crippen LogP contribution in [0, 0.1) is 0 Å². The molecule has 0 spiro atoms. The van der Waals surface area contributed by atoms with E-state index in [9.17, 15) is 9.59 Å². The van der Waals surface area contributed by atoms with Gasteiger partial charge in [0.1, 0.15) is 11.7 Å². The number of rotatable bonds is 6. The second-order valence-electron chi connectivity index (χ2n) is 6.62. The van der Waals surface area contributed by atoms with Crippen LogP contribution in [0.15, 0.2) is 29.6 Å². The topological polar surface area (TPSA) is 74.3 Å². The van der Waals surface area contributed by atoms with Crippen LogP contribution in [0.4, 0.5) is 10.8 Å². The molecular formula is C19H23ClN4O2S. The summed E-state index contributed by atoms with van der Waals surface area (Å²) in [7, 11) is 0. The van der Waals surface area contributed by atoms with Crippen LogP contribution < -0.4 is 10.6 Å². The summed E-state index contributed by atoms with van der Waals surface area (Å²) >= 11 is 7.48. The van der Waals surface area contributed by atoms with Gasteiger partial charge in [0.2, 0.25) is 5.91 Å². The molecule has 1 saturated heterocycles. The van der Waals surface area contributed by atoms with E-state index in [0.717, 1.165) is 18.5 Å². The Balaban J connectivity index is 1.69. The summed E-state index contributed by atoms with van der Waals surface area (Å²) in [5.74, 6) is -0.292. The lowest BCUT2D eigenvalue weighted by Gasteiger charge is -2.24. The summed E-state index contributed by atoms with van der Waals surface area (Å²) < 4.78 is 0. The van der Waals surface area contributed by atoms with E-state index in [1.54, 1.807) is 16.3 Å². The normalized spacial score (nSPS) is 17.6. The Morgan fingerprint density at radius 1 is 1.41 bits per heavy atom. The molecule has 2 aromatic rings. The summed E-state index contributed by atoms with van der Waals surface area (Å²) in [5.41, 5.74) is 1.08. The molecule has 0 radical (unpaired) electrons. The van der Waals surface area contributed by atoms with Gasteiger partial charge in [0.05, 0.1) is 10.7 Å². The average molecular weight is 407 g/mol. The van der Waals surface area contributed by atoms with Crippen molar-refractivity contribution in [1.82, 2.24) is 15.2 Å². The van der Waals surface area contributed by atoms with Crippen molar-refractivity contribution < 1.29 is 9.59 Å². The van der Waals surface area contributed by atoms with Crippen molar-refractivity contribution in [3.05, 3.63) is 40.4 Å². The van der Waals surface area contributed by atoms with Gasteiger partial charge in [-0.25, -0.2) is 4.98 Å². The molecule has 6 nitrogen and oxygen atoms in total. The van der Waals surface area contributed by atoms with Crippen molar-refractivity contribution in [2.24, 2.45) is 0 Å². The average Bonchev–Trinajstić information content (AvgIpc) is 3.32. The van der Waals surface area contributed by atoms with Crippen molar-refractivity contribution in [1.29, 1.82) is 0 Å². The third-order valence-corrected chi connectivity index (χ3v) is 5.74. The molecule has 27 heavy (non-hydrogen) atoms. The van der Waals surface area contributed by atoms with Crippen LogP contribution in [0.3, 0.4) is 0 Å². The number of anilines is 2. The second kappa shape index (κ2) is 8.71. The zero-order valence-electron chi connectivity index (χ0n) is 15.4. The molecule has 8 heteroatoms. The fourth-order valence-electron chi connectivity index (χ4n) is 2.98. The molecule has 2 amide bonds. The molecule has 1 aromatic carbocycles. The van der Waals surface area contributed by atoms with Crippen molar-refractivity contribution in [3.8, 4) is 0 Å². The van der Waals surface area contributed by atoms with E-state index in [1.165, 1.54) is 11.3 Å². The van der Waals surface area contributed by atoms with Gasteiger partial charge in [-0.2, -0.15) is 0 Å². The number of para-hydroxylation sites is 1. The quantitative estimate of drug-likeness (QED) is 0.758. The molecule has 0 bridgehead atoms. The number of carbonyl (C=O) groups is 2. The molecule has 3 rings (SSSR count). The molecule has 2 unspecified atom stereocenters. The monoisotopic (exact) mass is 406 g/mol. The number of aromatic nitrogens is 1. The van der Waals surface area contributed by atoms with E-state index in [1.807, 2.05) is 32.0 Å². The molecule has 0 aliphatic carbocycles. The Kier molecular flexibility index (Phi) is 6.34. The van der Waals surface area contributed by atoms with Crippen molar-refractivity contribution in [3.63, 3.8) is 0 Å². The molecule has 1 aliphatic heterocycles. The number of amides is 2. The van der Waals surface area contributed by atoms with Crippen molar-refractivity contribution in [2.45, 2.75) is 45.2 Å². The van der Waals surface area contributed by atoms with E-state index in [2.05, 4.69) is 15.6 Å². The predicted molar refractivity (Wildman–Crippen MR) is 109 cm³/mol. The van der Waals surface area contributed by atoms with Crippen LogP contribution in [-0.4, -0.2) is 40.3 Å². The van der Waals surface area contributed by atoms with E-state index in [0.29, 0.717) is 28.8 Å². The van der Waals surface area contributed by atoms with Gasteiger partial charge in [0.15, 0.2) is 5.13 Å². The van der Waals surface area contributed by atoms with Crippen LogP contribution in [0.2, 0.25) is 5.02 Å². The smallest absolute Gasteiger partial charge is 0.274 e. The lowest BCUT2D eigenvalue weighted by atomic mass is 10.1.